The molecule has 0 unspecified atom stereocenters. The minimum Gasteiger partial charge on any atom is -0.443 e. The maximum absolute atomic E-state index is 11.8. The van der Waals surface area contributed by atoms with Crippen LogP contribution < -0.4 is 0 Å². The summed E-state index contributed by atoms with van der Waals surface area (Å²) < 4.78 is 5.21. The predicted molar refractivity (Wildman–Crippen MR) is 92.5 cm³/mol. The number of carbonyl (C=O) groups is 1. The van der Waals surface area contributed by atoms with Crippen molar-refractivity contribution < 1.29 is 9.53 Å². The van der Waals surface area contributed by atoms with Crippen molar-refractivity contribution in [1.82, 2.24) is 4.90 Å². The molecular formula is C20H27NO2. The number of terminal acetylenes is 1. The molecule has 2 aliphatic carbocycles. The van der Waals surface area contributed by atoms with E-state index in [1.165, 1.54) is 16.7 Å². The van der Waals surface area contributed by atoms with Gasteiger partial charge in [-0.05, 0) is 63.9 Å². The summed E-state index contributed by atoms with van der Waals surface area (Å²) in [5, 5.41) is 0. The van der Waals surface area contributed by atoms with Gasteiger partial charge in [-0.1, -0.05) is 36.8 Å². The van der Waals surface area contributed by atoms with Crippen molar-refractivity contribution in [1.29, 1.82) is 0 Å². The minimum atomic E-state index is -0.539. The highest BCUT2D eigenvalue weighted by Crippen LogP contribution is 2.49. The van der Waals surface area contributed by atoms with Crippen molar-refractivity contribution in [2.24, 2.45) is 11.8 Å². The first kappa shape index (κ1) is 17.4. The van der Waals surface area contributed by atoms with Crippen LogP contribution in [-0.4, -0.2) is 16.6 Å². The lowest BCUT2D eigenvalue weighted by Gasteiger charge is -2.46. The third kappa shape index (κ3) is 5.32. The molecule has 3 heteroatoms. The van der Waals surface area contributed by atoms with E-state index in [1.807, 2.05) is 51.1 Å². The zero-order chi connectivity index (χ0) is 16.9. The Kier molecular flexibility index (Phi) is 5.71. The van der Waals surface area contributed by atoms with Crippen LogP contribution in [0.15, 0.2) is 30.3 Å². The van der Waals surface area contributed by atoms with E-state index in [0.29, 0.717) is 6.54 Å². The zero-order valence-electron chi connectivity index (χ0n) is 14.4. The third-order valence-corrected chi connectivity index (χ3v) is 4.44. The highest BCUT2D eigenvalue weighted by Gasteiger charge is 2.37. The number of carbonyl (C=O) groups excluding carboxylic acids is 1. The largest absolute Gasteiger partial charge is 0.443 e. The van der Waals surface area contributed by atoms with Gasteiger partial charge in [0, 0.05) is 6.04 Å². The molecule has 3 nitrogen and oxygen atoms in total. The summed E-state index contributed by atoms with van der Waals surface area (Å²) in [5.74, 6) is 2.43. The monoisotopic (exact) mass is 313 g/mol. The molecule has 2 saturated carbocycles. The van der Waals surface area contributed by atoms with Crippen LogP contribution in [0, 0.1) is 24.3 Å². The number of hydrogen-bond donors (Lipinski definition) is 0. The first-order chi connectivity index (χ1) is 10.9. The Hall–Kier alpha value is -1.95. The number of benzene rings is 1. The smallest absolute Gasteiger partial charge is 0.422 e. The van der Waals surface area contributed by atoms with Gasteiger partial charge in [-0.2, -0.15) is 0 Å². The molecule has 0 bridgehead atoms. The Morgan fingerprint density at radius 1 is 1.17 bits per heavy atom. The molecule has 0 aliphatic heterocycles. The molecule has 0 atom stereocenters. The molecule has 0 spiro atoms. The molecule has 1 aromatic carbocycles. The van der Waals surface area contributed by atoms with Crippen LogP contribution in [0.25, 0.3) is 0 Å². The molecule has 2 aliphatic rings. The fraction of sp³-hybridized carbons (Fsp3) is 0.550. The second-order valence-corrected chi connectivity index (χ2v) is 7.36. The topological polar surface area (TPSA) is 29.5 Å². The lowest BCUT2D eigenvalue weighted by Crippen LogP contribution is -2.34. The van der Waals surface area contributed by atoms with Gasteiger partial charge in [0.15, 0.2) is 0 Å². The number of ether oxygens (including phenoxy) is 1. The van der Waals surface area contributed by atoms with Crippen molar-refractivity contribution >= 4 is 6.09 Å². The van der Waals surface area contributed by atoms with Crippen LogP contribution in [0.4, 0.5) is 4.79 Å². The second kappa shape index (κ2) is 7.55. The fourth-order valence-corrected chi connectivity index (χ4v) is 2.81. The third-order valence-electron chi connectivity index (χ3n) is 4.44. The molecule has 23 heavy (non-hydrogen) atoms. The maximum Gasteiger partial charge on any atom is 0.422 e. The van der Waals surface area contributed by atoms with E-state index in [1.54, 1.807) is 25.7 Å². The van der Waals surface area contributed by atoms with Gasteiger partial charge in [-0.15, -0.1) is 0 Å². The number of nitrogens with zero attached hydrogens (tertiary/aromatic N) is 1. The lowest BCUT2D eigenvalue weighted by atomic mass is 9.60. The van der Waals surface area contributed by atoms with Crippen molar-refractivity contribution in [3.63, 3.8) is 0 Å². The number of rotatable bonds is 2. The fourth-order valence-electron chi connectivity index (χ4n) is 2.81. The Labute approximate surface area is 140 Å². The van der Waals surface area contributed by atoms with E-state index in [-0.39, 0.29) is 0 Å². The molecule has 0 heterocycles. The molecule has 0 radical (unpaired) electrons. The predicted octanol–water partition coefficient (Wildman–Crippen LogP) is 4.82. The summed E-state index contributed by atoms with van der Waals surface area (Å²) in [5.41, 5.74) is 0.430. The lowest BCUT2D eigenvalue weighted by molar-refractivity contribution is 0.0341. The normalized spacial score (nSPS) is 21.3. The van der Waals surface area contributed by atoms with E-state index >= 15 is 0 Å². The van der Waals surface area contributed by atoms with Crippen molar-refractivity contribution in [2.45, 2.75) is 58.6 Å². The summed E-state index contributed by atoms with van der Waals surface area (Å²) in [6, 6.07) is 11.9. The Balaban J connectivity index is 0.000000260. The van der Waals surface area contributed by atoms with E-state index in [4.69, 9.17) is 11.2 Å². The molecule has 124 valence electrons. The molecule has 1 aromatic rings. The molecule has 2 fully saturated rings. The van der Waals surface area contributed by atoms with Gasteiger partial charge in [0.25, 0.3) is 0 Å². The average molecular weight is 313 g/mol. The number of fused-ring (bicyclic) bond motifs is 1. The van der Waals surface area contributed by atoms with Gasteiger partial charge in [-0.25, -0.2) is 9.69 Å². The summed E-state index contributed by atoms with van der Waals surface area (Å²) in [6.45, 7) is 5.78. The van der Waals surface area contributed by atoms with Crippen LogP contribution in [0.1, 0.15) is 52.0 Å². The van der Waals surface area contributed by atoms with E-state index in [2.05, 4.69) is 6.04 Å². The van der Waals surface area contributed by atoms with Gasteiger partial charge < -0.3 is 4.74 Å². The van der Waals surface area contributed by atoms with Crippen LogP contribution in [0.3, 0.4) is 0 Å². The quantitative estimate of drug-likeness (QED) is 0.578. The van der Waals surface area contributed by atoms with Gasteiger partial charge >= 0.3 is 6.09 Å². The zero-order valence-corrected chi connectivity index (χ0v) is 14.4. The van der Waals surface area contributed by atoms with Gasteiger partial charge in [0.1, 0.15) is 5.60 Å². The average Bonchev–Trinajstić information content (AvgIpc) is 2.48. The van der Waals surface area contributed by atoms with Gasteiger partial charge in [-0.3, -0.25) is 0 Å². The van der Waals surface area contributed by atoms with E-state index in [0.717, 1.165) is 5.56 Å². The molecule has 0 N–H and O–H groups in total. The Bertz CT molecular complexity index is 535. The molecule has 0 aromatic heterocycles. The maximum atomic E-state index is 11.8. The van der Waals surface area contributed by atoms with E-state index in [9.17, 15) is 4.79 Å². The van der Waals surface area contributed by atoms with Crippen LogP contribution in [0.5, 0.6) is 0 Å². The van der Waals surface area contributed by atoms with Crippen molar-refractivity contribution in [3.8, 4) is 12.5 Å². The summed E-state index contributed by atoms with van der Waals surface area (Å²) in [6.07, 6.45) is 11.1. The SMILES string of the molecule is C#CN(Cc1ccccc1)C(=O)OC(C)(C)C.C1CC2CCC12. The highest BCUT2D eigenvalue weighted by molar-refractivity contribution is 5.70. The first-order valence-corrected chi connectivity index (χ1v) is 8.40. The highest BCUT2D eigenvalue weighted by atomic mass is 16.6. The van der Waals surface area contributed by atoms with Crippen LogP contribution in [-0.2, 0) is 11.3 Å². The summed E-state index contributed by atoms with van der Waals surface area (Å²) in [7, 11) is 0. The molecule has 3 rings (SSSR count). The molecule has 1 amide bonds. The Morgan fingerprint density at radius 3 is 2.04 bits per heavy atom. The molecule has 0 saturated heterocycles. The number of amides is 1. The van der Waals surface area contributed by atoms with Crippen molar-refractivity contribution in [2.75, 3.05) is 0 Å². The van der Waals surface area contributed by atoms with E-state index < -0.39 is 11.7 Å². The Morgan fingerprint density at radius 2 is 1.70 bits per heavy atom. The standard InChI is InChI=1S/C14H17NO2.C6H10/c1-5-15(13(16)17-14(2,3)4)11-12-9-7-6-8-10-12;1-2-6-4-3-5(1)6/h1,6-10H,11H2,2-4H3;5-6H,1-4H2. The summed E-state index contributed by atoms with van der Waals surface area (Å²) in [4.78, 5) is 13.0. The van der Waals surface area contributed by atoms with Gasteiger partial charge in [0.05, 0.1) is 6.54 Å². The van der Waals surface area contributed by atoms with Crippen LogP contribution in [0.2, 0.25) is 0 Å². The first-order valence-electron chi connectivity index (χ1n) is 8.40. The minimum absolute atomic E-state index is 0.353. The second-order valence-electron chi connectivity index (χ2n) is 7.36. The molecular weight excluding hydrogens is 286 g/mol. The van der Waals surface area contributed by atoms with Crippen molar-refractivity contribution in [3.05, 3.63) is 35.9 Å². The van der Waals surface area contributed by atoms with Gasteiger partial charge in [0.2, 0.25) is 0 Å². The summed E-state index contributed by atoms with van der Waals surface area (Å²) >= 11 is 0. The number of hydrogen-bond acceptors (Lipinski definition) is 2. The van der Waals surface area contributed by atoms with Crippen LogP contribution >= 0.6 is 0 Å².